The zero-order valence-electron chi connectivity index (χ0n) is 12.8. The van der Waals surface area contributed by atoms with Gasteiger partial charge in [-0.2, -0.15) is 0 Å². The molecule has 0 radical (unpaired) electrons. The lowest BCUT2D eigenvalue weighted by Crippen LogP contribution is -2.33. The molecule has 1 aromatic carbocycles. The van der Waals surface area contributed by atoms with E-state index in [0.717, 1.165) is 6.54 Å². The van der Waals surface area contributed by atoms with Crippen molar-refractivity contribution in [2.75, 3.05) is 13.1 Å². The highest BCUT2D eigenvalue weighted by molar-refractivity contribution is 5.25. The quantitative estimate of drug-likeness (QED) is 0.792. The molecule has 106 valence electrons. The van der Waals surface area contributed by atoms with Crippen molar-refractivity contribution in [3.8, 4) is 0 Å². The molecule has 0 aromatic heterocycles. The van der Waals surface area contributed by atoms with Crippen LogP contribution >= 0.6 is 0 Å². The van der Waals surface area contributed by atoms with Gasteiger partial charge in [-0.3, -0.25) is 0 Å². The number of benzene rings is 1. The first-order chi connectivity index (χ1) is 9.15. The van der Waals surface area contributed by atoms with Crippen LogP contribution in [-0.2, 0) is 6.42 Å². The summed E-state index contributed by atoms with van der Waals surface area (Å²) in [6, 6.07) is 9.33. The van der Waals surface area contributed by atoms with E-state index in [9.17, 15) is 0 Å². The van der Waals surface area contributed by atoms with Crippen LogP contribution in [-0.4, -0.2) is 13.1 Å². The molecule has 0 atom stereocenters. The van der Waals surface area contributed by atoms with Gasteiger partial charge in [0.05, 0.1) is 0 Å². The van der Waals surface area contributed by atoms with Gasteiger partial charge in [-0.05, 0) is 48.3 Å². The smallest absolute Gasteiger partial charge is 0.00109 e. The third-order valence-corrected chi connectivity index (χ3v) is 4.64. The van der Waals surface area contributed by atoms with Crippen molar-refractivity contribution < 1.29 is 0 Å². The normalized spacial score (nSPS) is 18.1. The van der Waals surface area contributed by atoms with Gasteiger partial charge in [0.2, 0.25) is 0 Å². The minimum absolute atomic E-state index is 0.523. The van der Waals surface area contributed by atoms with Gasteiger partial charge in [0.1, 0.15) is 0 Å². The maximum absolute atomic E-state index is 3.58. The number of rotatable bonds is 6. The summed E-state index contributed by atoms with van der Waals surface area (Å²) in [5, 5.41) is 3.58. The van der Waals surface area contributed by atoms with E-state index in [-0.39, 0.29) is 0 Å². The molecule has 0 amide bonds. The molecular weight excluding hydrogens is 230 g/mol. The Morgan fingerprint density at radius 2 is 1.74 bits per heavy atom. The molecule has 0 aliphatic heterocycles. The summed E-state index contributed by atoms with van der Waals surface area (Å²) in [6.45, 7) is 9.01. The lowest BCUT2D eigenvalue weighted by molar-refractivity contribution is 0.280. The van der Waals surface area contributed by atoms with E-state index in [2.05, 4.69) is 50.4 Å². The summed E-state index contributed by atoms with van der Waals surface area (Å²) in [6.07, 6.45) is 6.86. The van der Waals surface area contributed by atoms with E-state index in [1.165, 1.54) is 49.8 Å². The standard InChI is InChI=1S/C18H29N/c1-4-19-14-18(11-5-6-12-18)13-16-7-9-17(10-8-16)15(2)3/h7-10,15,19H,4-6,11-14H2,1-3H3. The maximum Gasteiger partial charge on any atom is 0.00109 e. The molecule has 0 saturated heterocycles. The highest BCUT2D eigenvalue weighted by Gasteiger charge is 2.33. The molecule has 1 aliphatic carbocycles. The van der Waals surface area contributed by atoms with Crippen LogP contribution in [0.1, 0.15) is 63.5 Å². The van der Waals surface area contributed by atoms with Crippen molar-refractivity contribution in [3.63, 3.8) is 0 Å². The highest BCUT2D eigenvalue weighted by atomic mass is 14.9. The molecule has 19 heavy (non-hydrogen) atoms. The van der Waals surface area contributed by atoms with E-state index >= 15 is 0 Å². The Morgan fingerprint density at radius 1 is 1.11 bits per heavy atom. The van der Waals surface area contributed by atoms with Gasteiger partial charge >= 0.3 is 0 Å². The Kier molecular flexibility index (Phi) is 5.04. The van der Waals surface area contributed by atoms with Crippen molar-refractivity contribution in [2.45, 2.75) is 58.8 Å². The number of hydrogen-bond acceptors (Lipinski definition) is 1. The van der Waals surface area contributed by atoms with E-state index in [1.807, 2.05) is 0 Å². The van der Waals surface area contributed by atoms with Gasteiger partial charge in [-0.25, -0.2) is 0 Å². The van der Waals surface area contributed by atoms with Crippen molar-refractivity contribution in [1.29, 1.82) is 0 Å². The van der Waals surface area contributed by atoms with E-state index in [1.54, 1.807) is 0 Å². The van der Waals surface area contributed by atoms with Gasteiger partial charge in [-0.15, -0.1) is 0 Å². The number of nitrogens with one attached hydrogen (secondary N) is 1. The second-order valence-electron chi connectivity index (χ2n) is 6.56. The Bertz CT molecular complexity index is 371. The first-order valence-electron chi connectivity index (χ1n) is 7.95. The average molecular weight is 259 g/mol. The van der Waals surface area contributed by atoms with Crippen LogP contribution in [0.5, 0.6) is 0 Å². The van der Waals surface area contributed by atoms with Crippen LogP contribution in [0, 0.1) is 5.41 Å². The minimum atomic E-state index is 0.523. The van der Waals surface area contributed by atoms with Crippen molar-refractivity contribution in [2.24, 2.45) is 5.41 Å². The van der Waals surface area contributed by atoms with Crippen LogP contribution in [0.25, 0.3) is 0 Å². The average Bonchev–Trinajstić information content (AvgIpc) is 2.86. The molecule has 1 heteroatoms. The topological polar surface area (TPSA) is 12.0 Å². The van der Waals surface area contributed by atoms with Crippen LogP contribution in [0.3, 0.4) is 0 Å². The summed E-state index contributed by atoms with van der Waals surface area (Å²) in [4.78, 5) is 0. The first-order valence-corrected chi connectivity index (χ1v) is 7.95. The molecule has 1 N–H and O–H groups in total. The van der Waals surface area contributed by atoms with Gasteiger partial charge < -0.3 is 5.32 Å². The summed E-state index contributed by atoms with van der Waals surface area (Å²) < 4.78 is 0. The Morgan fingerprint density at radius 3 is 2.26 bits per heavy atom. The maximum atomic E-state index is 3.58. The molecule has 1 saturated carbocycles. The van der Waals surface area contributed by atoms with Gasteiger partial charge in [-0.1, -0.05) is 57.9 Å². The Hall–Kier alpha value is -0.820. The van der Waals surface area contributed by atoms with Crippen LogP contribution < -0.4 is 5.32 Å². The fourth-order valence-electron chi connectivity index (χ4n) is 3.38. The zero-order chi connectivity index (χ0) is 13.7. The molecule has 1 nitrogen and oxygen atoms in total. The first kappa shape index (κ1) is 14.6. The lowest BCUT2D eigenvalue weighted by Gasteiger charge is -2.29. The molecule has 1 aromatic rings. The lowest BCUT2D eigenvalue weighted by atomic mass is 9.79. The predicted octanol–water partition coefficient (Wildman–Crippen LogP) is 4.52. The van der Waals surface area contributed by atoms with E-state index < -0.39 is 0 Å². The second kappa shape index (κ2) is 6.56. The Balaban J connectivity index is 2.04. The van der Waals surface area contributed by atoms with Crippen molar-refractivity contribution in [3.05, 3.63) is 35.4 Å². The Labute approximate surface area is 118 Å². The van der Waals surface area contributed by atoms with Crippen LogP contribution in [0.2, 0.25) is 0 Å². The fourth-order valence-corrected chi connectivity index (χ4v) is 3.38. The fraction of sp³-hybridized carbons (Fsp3) is 0.667. The van der Waals surface area contributed by atoms with Gasteiger partial charge in [0.25, 0.3) is 0 Å². The molecule has 1 aliphatic rings. The molecule has 1 fully saturated rings. The molecule has 0 spiro atoms. The van der Waals surface area contributed by atoms with Crippen LogP contribution in [0.15, 0.2) is 24.3 Å². The van der Waals surface area contributed by atoms with E-state index in [0.29, 0.717) is 11.3 Å². The number of hydrogen-bond donors (Lipinski definition) is 1. The van der Waals surface area contributed by atoms with Crippen LogP contribution in [0.4, 0.5) is 0 Å². The van der Waals surface area contributed by atoms with E-state index in [4.69, 9.17) is 0 Å². The van der Waals surface area contributed by atoms with Gasteiger partial charge in [0.15, 0.2) is 0 Å². The summed E-state index contributed by atoms with van der Waals surface area (Å²) in [7, 11) is 0. The molecular formula is C18H29N. The van der Waals surface area contributed by atoms with Crippen molar-refractivity contribution in [1.82, 2.24) is 5.32 Å². The summed E-state index contributed by atoms with van der Waals surface area (Å²) in [5.74, 6) is 0.635. The molecule has 0 unspecified atom stereocenters. The van der Waals surface area contributed by atoms with Crippen molar-refractivity contribution >= 4 is 0 Å². The molecule has 2 rings (SSSR count). The third-order valence-electron chi connectivity index (χ3n) is 4.64. The zero-order valence-corrected chi connectivity index (χ0v) is 12.8. The monoisotopic (exact) mass is 259 g/mol. The third kappa shape index (κ3) is 3.82. The predicted molar refractivity (Wildman–Crippen MR) is 83.7 cm³/mol. The largest absolute Gasteiger partial charge is 0.316 e. The highest BCUT2D eigenvalue weighted by Crippen LogP contribution is 2.40. The van der Waals surface area contributed by atoms with Gasteiger partial charge in [0, 0.05) is 6.54 Å². The molecule has 0 bridgehead atoms. The molecule has 0 heterocycles. The minimum Gasteiger partial charge on any atom is -0.316 e. The summed E-state index contributed by atoms with van der Waals surface area (Å²) >= 11 is 0. The summed E-state index contributed by atoms with van der Waals surface area (Å²) in [5.41, 5.74) is 3.50. The second-order valence-corrected chi connectivity index (χ2v) is 6.56. The SMILES string of the molecule is CCNCC1(Cc2ccc(C(C)C)cc2)CCCC1.